The summed E-state index contributed by atoms with van der Waals surface area (Å²) in [5.74, 6) is -0.272. The number of esters is 1. The first-order chi connectivity index (χ1) is 20.3. The number of rotatable bonds is 10. The van der Waals surface area contributed by atoms with E-state index < -0.39 is 17.5 Å². The minimum atomic E-state index is -0.662. The van der Waals surface area contributed by atoms with Gasteiger partial charge in [-0.15, -0.1) is 0 Å². The molecule has 1 aliphatic carbocycles. The van der Waals surface area contributed by atoms with Crippen molar-refractivity contribution in [1.29, 1.82) is 0 Å². The molecular weight excluding hydrogens is 546 g/mol. The highest BCUT2D eigenvalue weighted by Crippen LogP contribution is 2.30. The van der Waals surface area contributed by atoms with Crippen LogP contribution < -0.4 is 5.32 Å². The largest absolute Gasteiger partial charge is 0.461 e. The van der Waals surface area contributed by atoms with Crippen LogP contribution in [0.3, 0.4) is 0 Å². The molecular formula is C33H57N5O5. The van der Waals surface area contributed by atoms with Gasteiger partial charge >= 0.3 is 5.97 Å². The maximum atomic E-state index is 14.1. The minimum absolute atomic E-state index is 0.0122. The molecule has 5 atom stereocenters. The van der Waals surface area contributed by atoms with E-state index >= 15 is 0 Å². The molecule has 10 heteroatoms. The van der Waals surface area contributed by atoms with E-state index in [9.17, 15) is 19.2 Å². The van der Waals surface area contributed by atoms with Crippen molar-refractivity contribution in [2.75, 3.05) is 40.3 Å². The Morgan fingerprint density at radius 2 is 1.51 bits per heavy atom. The molecule has 10 nitrogen and oxygen atoms in total. The molecule has 0 spiro atoms. The first kappa shape index (κ1) is 33.7. The summed E-state index contributed by atoms with van der Waals surface area (Å²) < 4.78 is 5.69. The molecule has 3 amide bonds. The average Bonchev–Trinajstić information content (AvgIpc) is 3.60. The highest BCUT2D eigenvalue weighted by molar-refractivity contribution is 5.91. The summed E-state index contributed by atoms with van der Waals surface area (Å²) in [6.07, 6.45) is 8.97. The van der Waals surface area contributed by atoms with Gasteiger partial charge < -0.3 is 19.9 Å². The normalized spacial score (nSPS) is 27.1. The fourth-order valence-electron chi connectivity index (χ4n) is 7.20. The second kappa shape index (κ2) is 14.3. The third kappa shape index (κ3) is 7.91. The summed E-state index contributed by atoms with van der Waals surface area (Å²) in [7, 11) is 3.82. The van der Waals surface area contributed by atoms with Crippen molar-refractivity contribution >= 4 is 23.7 Å². The van der Waals surface area contributed by atoms with E-state index in [4.69, 9.17) is 4.74 Å². The van der Waals surface area contributed by atoms with E-state index in [2.05, 4.69) is 29.0 Å². The predicted molar refractivity (Wildman–Crippen MR) is 166 cm³/mol. The summed E-state index contributed by atoms with van der Waals surface area (Å²) in [5.41, 5.74) is -0.471. The number of piperidine rings is 1. The van der Waals surface area contributed by atoms with E-state index in [1.54, 1.807) is 9.80 Å². The number of nitrogens with one attached hydrogen (secondary N) is 1. The highest BCUT2D eigenvalue weighted by atomic mass is 16.5. The molecule has 3 heterocycles. The van der Waals surface area contributed by atoms with Crippen LogP contribution in [0.15, 0.2) is 0 Å². The van der Waals surface area contributed by atoms with Crippen LogP contribution in [0.25, 0.3) is 0 Å². The van der Waals surface area contributed by atoms with Gasteiger partial charge in [0.2, 0.25) is 17.7 Å². The van der Waals surface area contributed by atoms with Gasteiger partial charge in [0.05, 0.1) is 12.1 Å². The zero-order valence-electron chi connectivity index (χ0n) is 27.8. The van der Waals surface area contributed by atoms with Crippen molar-refractivity contribution in [2.45, 2.75) is 135 Å². The Bertz CT molecular complexity index is 1010. The van der Waals surface area contributed by atoms with Crippen molar-refractivity contribution in [1.82, 2.24) is 24.9 Å². The molecule has 3 aliphatic heterocycles. The number of ether oxygens (including phenoxy) is 1. The fraction of sp³-hybridized carbons (Fsp3) is 0.879. The summed E-state index contributed by atoms with van der Waals surface area (Å²) in [6.45, 7) is 13.0. The number of hydrogen-bond acceptors (Lipinski definition) is 7. The summed E-state index contributed by atoms with van der Waals surface area (Å²) in [5, 5.41) is 3.14. The summed E-state index contributed by atoms with van der Waals surface area (Å²) in [6, 6.07) is -1.81. The van der Waals surface area contributed by atoms with Gasteiger partial charge in [-0.1, -0.05) is 41.0 Å². The standard InChI is InChI=1S/C33H57N5O5/c1-22(2)27(36(7)31(41)28(33(3,4)5)34-29(39)24-15-8-9-18-35(24)6)21-37-19-11-16-25(37)30(40)38-20-12-17-26(38)32(42)43-23-13-10-14-23/h22-28H,8-21H2,1-7H3,(H,34,39)/t24?,25-,26-,27+,28+/m0/s1. The Balaban J connectivity index is 1.43. The van der Waals surface area contributed by atoms with Gasteiger partial charge in [0.25, 0.3) is 0 Å². The topological polar surface area (TPSA) is 103 Å². The van der Waals surface area contributed by atoms with Crippen LogP contribution in [0.4, 0.5) is 0 Å². The van der Waals surface area contributed by atoms with Crippen LogP contribution in [0.2, 0.25) is 0 Å². The molecule has 1 unspecified atom stereocenters. The third-order valence-electron chi connectivity index (χ3n) is 10.3. The molecule has 244 valence electrons. The van der Waals surface area contributed by atoms with Crippen LogP contribution in [0.5, 0.6) is 0 Å². The van der Waals surface area contributed by atoms with Gasteiger partial charge in [0, 0.05) is 26.2 Å². The van der Waals surface area contributed by atoms with E-state index in [1.807, 2.05) is 34.9 Å². The van der Waals surface area contributed by atoms with Crippen LogP contribution in [-0.2, 0) is 23.9 Å². The zero-order chi connectivity index (χ0) is 31.5. The highest BCUT2D eigenvalue weighted by Gasteiger charge is 2.44. The van der Waals surface area contributed by atoms with E-state index in [-0.39, 0.29) is 53.8 Å². The lowest BCUT2D eigenvalue weighted by Crippen LogP contribution is -2.61. The molecule has 0 radical (unpaired) electrons. The van der Waals surface area contributed by atoms with Crippen molar-refractivity contribution < 1.29 is 23.9 Å². The van der Waals surface area contributed by atoms with Gasteiger partial charge in [-0.25, -0.2) is 4.79 Å². The number of amides is 3. The quantitative estimate of drug-likeness (QED) is 0.383. The second-order valence-electron chi connectivity index (χ2n) is 14.9. The van der Waals surface area contributed by atoms with Crippen LogP contribution in [-0.4, -0.2) is 120 Å². The number of likely N-dealkylation sites (tertiary alicyclic amines) is 3. The first-order valence-corrected chi connectivity index (χ1v) is 16.8. The van der Waals surface area contributed by atoms with Crippen molar-refractivity contribution in [2.24, 2.45) is 11.3 Å². The molecule has 4 aliphatic rings. The Morgan fingerprint density at radius 3 is 2.12 bits per heavy atom. The number of hydrogen-bond donors (Lipinski definition) is 1. The second-order valence-corrected chi connectivity index (χ2v) is 14.9. The maximum Gasteiger partial charge on any atom is 0.329 e. The SMILES string of the molecule is CC(C)[C@@H](CN1CCC[C@H]1C(=O)N1CCC[C@H]1C(=O)OC1CCC1)N(C)C(=O)[C@@H](NC(=O)C1CCCCN1C)C(C)(C)C. The molecule has 4 fully saturated rings. The number of carbonyl (C=O) groups excluding carboxylic acids is 4. The van der Waals surface area contributed by atoms with Crippen molar-refractivity contribution in [3.63, 3.8) is 0 Å². The van der Waals surface area contributed by atoms with Crippen LogP contribution >= 0.6 is 0 Å². The molecule has 0 aromatic carbocycles. The Kier molecular flexibility index (Phi) is 11.2. The van der Waals surface area contributed by atoms with Crippen LogP contribution in [0.1, 0.15) is 98.8 Å². The van der Waals surface area contributed by atoms with E-state index in [0.717, 1.165) is 70.9 Å². The lowest BCUT2D eigenvalue weighted by atomic mass is 9.84. The Morgan fingerprint density at radius 1 is 0.860 bits per heavy atom. The fourth-order valence-corrected chi connectivity index (χ4v) is 7.20. The zero-order valence-corrected chi connectivity index (χ0v) is 27.8. The number of nitrogens with zero attached hydrogens (tertiary/aromatic N) is 4. The van der Waals surface area contributed by atoms with Gasteiger partial charge in [-0.05, 0) is 89.3 Å². The molecule has 43 heavy (non-hydrogen) atoms. The van der Waals surface area contributed by atoms with Gasteiger partial charge in [0.15, 0.2) is 0 Å². The number of carbonyl (C=O) groups is 4. The van der Waals surface area contributed by atoms with Crippen molar-refractivity contribution in [3.05, 3.63) is 0 Å². The lowest BCUT2D eigenvalue weighted by Gasteiger charge is -2.41. The lowest BCUT2D eigenvalue weighted by molar-refractivity contribution is -0.162. The smallest absolute Gasteiger partial charge is 0.329 e. The molecule has 1 N–H and O–H groups in total. The van der Waals surface area contributed by atoms with Crippen LogP contribution in [0, 0.1) is 11.3 Å². The summed E-state index contributed by atoms with van der Waals surface area (Å²) in [4.78, 5) is 62.2. The average molecular weight is 604 g/mol. The molecule has 3 saturated heterocycles. The number of likely N-dealkylation sites (N-methyl/N-ethyl adjacent to an activating group) is 2. The monoisotopic (exact) mass is 603 g/mol. The molecule has 1 saturated carbocycles. The maximum absolute atomic E-state index is 14.1. The third-order valence-corrected chi connectivity index (χ3v) is 10.3. The predicted octanol–water partition coefficient (Wildman–Crippen LogP) is 3.04. The van der Waals surface area contributed by atoms with Gasteiger partial charge in [0.1, 0.15) is 18.2 Å². The van der Waals surface area contributed by atoms with Gasteiger partial charge in [-0.2, -0.15) is 0 Å². The summed E-state index contributed by atoms with van der Waals surface area (Å²) >= 11 is 0. The Hall–Kier alpha value is -2.20. The minimum Gasteiger partial charge on any atom is -0.461 e. The Labute approximate surface area is 259 Å². The van der Waals surface area contributed by atoms with E-state index in [0.29, 0.717) is 19.5 Å². The van der Waals surface area contributed by atoms with E-state index in [1.165, 1.54) is 0 Å². The molecule has 4 rings (SSSR count). The van der Waals surface area contributed by atoms with Crippen molar-refractivity contribution in [3.8, 4) is 0 Å². The molecule has 0 bridgehead atoms. The van der Waals surface area contributed by atoms with Gasteiger partial charge in [-0.3, -0.25) is 24.2 Å². The first-order valence-electron chi connectivity index (χ1n) is 16.8. The molecule has 0 aromatic rings. The molecule has 0 aromatic heterocycles.